The van der Waals surface area contributed by atoms with Gasteiger partial charge in [0, 0.05) is 25.4 Å². The summed E-state index contributed by atoms with van der Waals surface area (Å²) in [6.07, 6.45) is 36.7. The van der Waals surface area contributed by atoms with Crippen LogP contribution in [0.25, 0.3) is 0 Å². The highest BCUT2D eigenvalue weighted by atomic mass is 16.4. The number of nitrogens with zero attached hydrogens (tertiary/aromatic N) is 1. The van der Waals surface area contributed by atoms with Gasteiger partial charge in [-0.15, -0.1) is 0 Å². The lowest BCUT2D eigenvalue weighted by Gasteiger charge is -2.14. The molecule has 0 bridgehead atoms. The Labute approximate surface area is 245 Å². The van der Waals surface area contributed by atoms with E-state index in [4.69, 9.17) is 0 Å². The number of carbonyl (C=O) groups excluding carboxylic acids is 2. The number of rotatable bonds is 22. The summed E-state index contributed by atoms with van der Waals surface area (Å²) in [6, 6.07) is 2.44. The Hall–Kier alpha value is -4.00. The predicted molar refractivity (Wildman–Crippen MR) is 167 cm³/mol. The average molecular weight is 562 g/mol. The van der Waals surface area contributed by atoms with Crippen LogP contribution in [0.1, 0.15) is 87.9 Å². The maximum absolute atomic E-state index is 12.2. The van der Waals surface area contributed by atoms with Gasteiger partial charge in [0.15, 0.2) is 0 Å². The van der Waals surface area contributed by atoms with Crippen molar-refractivity contribution in [3.05, 3.63) is 103 Å². The quantitative estimate of drug-likeness (QED) is 0.104. The van der Waals surface area contributed by atoms with Crippen molar-refractivity contribution in [2.75, 3.05) is 6.54 Å². The maximum Gasteiger partial charge on any atom is 0.326 e. The van der Waals surface area contributed by atoms with Crippen LogP contribution in [0.3, 0.4) is 0 Å². The molecule has 0 saturated heterocycles. The van der Waals surface area contributed by atoms with E-state index in [0.717, 1.165) is 38.5 Å². The summed E-state index contributed by atoms with van der Waals surface area (Å²) in [5.41, 5.74) is 0.482. The first-order valence-corrected chi connectivity index (χ1v) is 14.6. The molecule has 0 spiro atoms. The van der Waals surface area contributed by atoms with Crippen LogP contribution in [0.15, 0.2) is 97.4 Å². The van der Waals surface area contributed by atoms with Crippen LogP contribution in [0.4, 0.5) is 0 Å². The molecule has 0 unspecified atom stereocenters. The molecule has 0 radical (unpaired) electrons. The Kier molecular flexibility index (Phi) is 21.4. The summed E-state index contributed by atoms with van der Waals surface area (Å²) in [5, 5.41) is 14.8. The minimum absolute atomic E-state index is 0.212. The van der Waals surface area contributed by atoms with Crippen LogP contribution in [-0.2, 0) is 9.59 Å². The van der Waals surface area contributed by atoms with Crippen molar-refractivity contribution >= 4 is 17.8 Å². The molecular formula is C34H47N3O4. The lowest BCUT2D eigenvalue weighted by Crippen LogP contribution is -2.40. The molecular weight excluding hydrogens is 514 g/mol. The first kappa shape index (κ1) is 35.0. The second-order valence-electron chi connectivity index (χ2n) is 9.41. The summed E-state index contributed by atoms with van der Waals surface area (Å²) < 4.78 is 0. The van der Waals surface area contributed by atoms with Crippen LogP contribution in [0.5, 0.6) is 0 Å². The Morgan fingerprint density at radius 3 is 1.90 bits per heavy atom. The smallest absolute Gasteiger partial charge is 0.326 e. The zero-order valence-corrected chi connectivity index (χ0v) is 24.4. The summed E-state index contributed by atoms with van der Waals surface area (Å²) in [7, 11) is 0. The highest BCUT2D eigenvalue weighted by molar-refractivity contribution is 5.93. The van der Waals surface area contributed by atoms with Gasteiger partial charge in [-0.2, -0.15) is 0 Å². The topological polar surface area (TPSA) is 108 Å². The second-order valence-corrected chi connectivity index (χ2v) is 9.41. The van der Waals surface area contributed by atoms with Crippen molar-refractivity contribution in [3.8, 4) is 0 Å². The van der Waals surface area contributed by atoms with Crippen molar-refractivity contribution in [2.24, 2.45) is 0 Å². The fraction of sp³-hybridized carbons (Fsp3) is 0.412. The third-order valence-electron chi connectivity index (χ3n) is 5.90. The van der Waals surface area contributed by atoms with Gasteiger partial charge in [-0.3, -0.25) is 14.6 Å². The molecule has 2 amide bonds. The molecule has 3 N–H and O–H groups in total. The Bertz CT molecular complexity index is 1040. The summed E-state index contributed by atoms with van der Waals surface area (Å²) in [5.74, 6) is -1.54. The fourth-order valence-electron chi connectivity index (χ4n) is 3.65. The summed E-state index contributed by atoms with van der Waals surface area (Å²) in [6.45, 7) is 2.57. The van der Waals surface area contributed by atoms with Gasteiger partial charge >= 0.3 is 5.97 Å². The lowest BCUT2D eigenvalue weighted by molar-refractivity contribution is -0.142. The lowest BCUT2D eigenvalue weighted by atomic mass is 10.1. The highest BCUT2D eigenvalue weighted by Crippen LogP contribution is 2.04. The van der Waals surface area contributed by atoms with Gasteiger partial charge < -0.3 is 15.7 Å². The van der Waals surface area contributed by atoms with E-state index < -0.39 is 12.0 Å². The molecule has 7 heteroatoms. The average Bonchev–Trinajstić information content (AvgIpc) is 2.97. The molecule has 1 aromatic heterocycles. The second kappa shape index (κ2) is 25.0. The molecule has 1 atom stereocenters. The van der Waals surface area contributed by atoms with Crippen molar-refractivity contribution in [1.82, 2.24) is 15.6 Å². The van der Waals surface area contributed by atoms with Crippen LogP contribution in [0, 0.1) is 0 Å². The van der Waals surface area contributed by atoms with Crippen LogP contribution in [0.2, 0.25) is 0 Å². The van der Waals surface area contributed by atoms with E-state index >= 15 is 0 Å². The molecule has 0 aliphatic heterocycles. The monoisotopic (exact) mass is 561 g/mol. The van der Waals surface area contributed by atoms with Crippen molar-refractivity contribution in [1.29, 1.82) is 0 Å². The van der Waals surface area contributed by atoms with Crippen molar-refractivity contribution in [3.63, 3.8) is 0 Å². The number of amides is 2. The van der Waals surface area contributed by atoms with Gasteiger partial charge in [0.1, 0.15) is 6.04 Å². The number of carboxylic acids is 1. The molecule has 1 aromatic rings. The fourth-order valence-corrected chi connectivity index (χ4v) is 3.65. The van der Waals surface area contributed by atoms with Crippen LogP contribution >= 0.6 is 0 Å². The minimum Gasteiger partial charge on any atom is -0.480 e. The van der Waals surface area contributed by atoms with E-state index in [2.05, 4.69) is 83.3 Å². The number of allylic oxidation sites excluding steroid dienone is 12. The molecule has 1 heterocycles. The normalized spacial score (nSPS) is 12.9. The van der Waals surface area contributed by atoms with Gasteiger partial charge in [0.05, 0.1) is 5.56 Å². The van der Waals surface area contributed by atoms with Gasteiger partial charge in [0.25, 0.3) is 5.91 Å². The first-order chi connectivity index (χ1) is 20.0. The first-order valence-electron chi connectivity index (χ1n) is 14.6. The third-order valence-corrected chi connectivity index (χ3v) is 5.90. The zero-order chi connectivity index (χ0) is 29.8. The van der Waals surface area contributed by atoms with E-state index in [0.29, 0.717) is 37.8 Å². The van der Waals surface area contributed by atoms with Crippen LogP contribution < -0.4 is 10.6 Å². The summed E-state index contributed by atoms with van der Waals surface area (Å²) in [4.78, 5) is 39.6. The summed E-state index contributed by atoms with van der Waals surface area (Å²) >= 11 is 0. The predicted octanol–water partition coefficient (Wildman–Crippen LogP) is 7.03. The number of aromatic nitrogens is 1. The standard InChI is InChI=1S/C34H47N3O4/c1-2-3-4-5-6-7-8-9-10-11-12-13-14-15-16-17-18-19-20-26-32(38)37-31(34(40)41)25-21-22-28-36-33(39)30-24-23-27-35-29-30/h3-4,6-7,9-10,12-13,15-16,18-19,23-24,27,29,31H,2,5,8,11,14,17,20-22,25-26,28H2,1H3,(H,36,39)(H,37,38)(H,40,41)/t31-/m0/s1. The Morgan fingerprint density at radius 2 is 1.39 bits per heavy atom. The zero-order valence-electron chi connectivity index (χ0n) is 24.4. The SMILES string of the molecule is CCC=CCC=CCC=CCC=CCC=CCC=CCCC(=O)N[C@@H](CCCCNC(=O)c1cccnc1)C(=O)O. The molecule has 0 aromatic carbocycles. The molecule has 0 aliphatic rings. The Balaban J connectivity index is 2.09. The van der Waals surface area contributed by atoms with Gasteiger partial charge in [0.2, 0.25) is 5.91 Å². The van der Waals surface area contributed by atoms with E-state index in [1.807, 2.05) is 12.2 Å². The van der Waals surface area contributed by atoms with E-state index in [9.17, 15) is 19.5 Å². The van der Waals surface area contributed by atoms with Gasteiger partial charge in [-0.25, -0.2) is 4.79 Å². The van der Waals surface area contributed by atoms with E-state index in [1.165, 1.54) is 6.20 Å². The number of unbranched alkanes of at least 4 members (excludes halogenated alkanes) is 1. The number of hydrogen-bond donors (Lipinski definition) is 3. The van der Waals surface area contributed by atoms with Crippen molar-refractivity contribution in [2.45, 2.75) is 83.6 Å². The third kappa shape index (κ3) is 20.6. The maximum atomic E-state index is 12.2. The van der Waals surface area contributed by atoms with E-state index in [-0.39, 0.29) is 18.2 Å². The molecule has 41 heavy (non-hydrogen) atoms. The van der Waals surface area contributed by atoms with Crippen molar-refractivity contribution < 1.29 is 19.5 Å². The molecule has 1 rings (SSSR count). The highest BCUT2D eigenvalue weighted by Gasteiger charge is 2.19. The van der Waals surface area contributed by atoms with Gasteiger partial charge in [-0.05, 0) is 76.3 Å². The number of carboxylic acid groups (broad SMARTS) is 1. The molecule has 222 valence electrons. The molecule has 0 fully saturated rings. The minimum atomic E-state index is -1.05. The number of pyridine rings is 1. The largest absolute Gasteiger partial charge is 0.480 e. The van der Waals surface area contributed by atoms with E-state index in [1.54, 1.807) is 18.3 Å². The molecule has 7 nitrogen and oxygen atoms in total. The van der Waals surface area contributed by atoms with Gasteiger partial charge in [-0.1, -0.05) is 79.8 Å². The molecule has 0 aliphatic carbocycles. The van der Waals surface area contributed by atoms with Crippen LogP contribution in [-0.4, -0.2) is 40.5 Å². The molecule has 0 saturated carbocycles. The number of hydrogen-bond acceptors (Lipinski definition) is 4. The number of carbonyl (C=O) groups is 3. The number of aliphatic carboxylic acids is 1. The number of nitrogens with one attached hydrogen (secondary N) is 2. The Morgan fingerprint density at radius 1 is 0.829 bits per heavy atom.